The maximum absolute atomic E-state index is 11.2. The molecule has 0 bridgehead atoms. The van der Waals surface area contributed by atoms with E-state index in [0.717, 1.165) is 19.6 Å². The lowest BCUT2D eigenvalue weighted by molar-refractivity contribution is 0.146. The molecule has 1 fully saturated rings. The lowest BCUT2D eigenvalue weighted by Gasteiger charge is -2.35. The summed E-state index contributed by atoms with van der Waals surface area (Å²) in [4.78, 5) is 2.46. The molecule has 1 heterocycles. The van der Waals surface area contributed by atoms with Gasteiger partial charge in [0.2, 0.25) is 10.0 Å². The molecule has 1 saturated heterocycles. The average molecular weight is 350 g/mol. The zero-order valence-corrected chi connectivity index (χ0v) is 14.5. The van der Waals surface area contributed by atoms with Gasteiger partial charge in [0.05, 0.1) is 4.90 Å². The van der Waals surface area contributed by atoms with Gasteiger partial charge in [-0.2, -0.15) is 0 Å². The van der Waals surface area contributed by atoms with Crippen LogP contribution in [0.1, 0.15) is 13.8 Å². The number of hydrogen-bond donors (Lipinski definition) is 2. The minimum Gasteiger partial charge on any atom is -0.492 e. The van der Waals surface area contributed by atoms with Gasteiger partial charge in [-0.05, 0) is 38.1 Å². The topological polar surface area (TPSA) is 84.7 Å². The van der Waals surface area contributed by atoms with E-state index in [0.29, 0.717) is 24.4 Å². The maximum atomic E-state index is 11.2. The van der Waals surface area contributed by atoms with Crippen molar-refractivity contribution in [2.45, 2.75) is 30.8 Å². The summed E-state index contributed by atoms with van der Waals surface area (Å²) in [6, 6.07) is 7.15. The lowest BCUT2D eigenvalue weighted by atomic mass is 10.1. The van der Waals surface area contributed by atoms with E-state index in [1.807, 2.05) is 0 Å². The van der Waals surface area contributed by atoms with Crippen molar-refractivity contribution in [1.82, 2.24) is 10.2 Å². The van der Waals surface area contributed by atoms with Gasteiger partial charge in [0.1, 0.15) is 12.4 Å². The van der Waals surface area contributed by atoms with Crippen LogP contribution in [0.15, 0.2) is 29.2 Å². The first kappa shape index (κ1) is 19.2. The molecule has 1 aromatic carbocycles. The van der Waals surface area contributed by atoms with E-state index in [-0.39, 0.29) is 17.3 Å². The standard InChI is InChI=1S/C14H23N3O3S.ClH/c1-11-9-17(10-12(2)16-11)7-8-20-13-3-5-14(6-4-13)21(15,18)19;/h3-6,11-12,16H,7-10H2,1-2H3,(H2,15,18,19);1H. The highest BCUT2D eigenvalue weighted by molar-refractivity contribution is 7.89. The highest BCUT2D eigenvalue weighted by atomic mass is 35.5. The van der Waals surface area contributed by atoms with E-state index >= 15 is 0 Å². The first-order valence-electron chi connectivity index (χ1n) is 7.08. The fraction of sp³-hybridized carbons (Fsp3) is 0.571. The average Bonchev–Trinajstić information content (AvgIpc) is 2.37. The Morgan fingerprint density at radius 1 is 1.23 bits per heavy atom. The Hall–Kier alpha value is -0.860. The molecule has 3 N–H and O–H groups in total. The van der Waals surface area contributed by atoms with E-state index in [2.05, 4.69) is 24.1 Å². The molecule has 0 aliphatic carbocycles. The number of ether oxygens (including phenoxy) is 1. The molecule has 0 amide bonds. The lowest BCUT2D eigenvalue weighted by Crippen LogP contribution is -2.54. The van der Waals surface area contributed by atoms with E-state index in [9.17, 15) is 8.42 Å². The molecule has 0 spiro atoms. The van der Waals surface area contributed by atoms with Gasteiger partial charge in [-0.3, -0.25) is 4.90 Å². The van der Waals surface area contributed by atoms with Crippen LogP contribution in [0, 0.1) is 0 Å². The largest absolute Gasteiger partial charge is 0.492 e. The zero-order valence-electron chi connectivity index (χ0n) is 12.9. The molecular formula is C14H24ClN3O3S. The number of halogens is 1. The Labute approximate surface area is 138 Å². The molecule has 22 heavy (non-hydrogen) atoms. The second kappa shape index (κ2) is 8.12. The summed E-state index contributed by atoms with van der Waals surface area (Å²) in [6.07, 6.45) is 0. The number of primary sulfonamides is 1. The molecule has 2 atom stereocenters. The van der Waals surface area contributed by atoms with Crippen molar-refractivity contribution in [3.8, 4) is 5.75 Å². The van der Waals surface area contributed by atoms with Crippen LogP contribution in [-0.4, -0.2) is 51.6 Å². The van der Waals surface area contributed by atoms with Crippen molar-refractivity contribution < 1.29 is 13.2 Å². The van der Waals surface area contributed by atoms with Crippen molar-refractivity contribution in [3.05, 3.63) is 24.3 Å². The van der Waals surface area contributed by atoms with Crippen LogP contribution in [0.25, 0.3) is 0 Å². The summed E-state index contributed by atoms with van der Waals surface area (Å²) in [7, 11) is -3.64. The second-order valence-electron chi connectivity index (χ2n) is 5.59. The molecule has 0 saturated carbocycles. The monoisotopic (exact) mass is 349 g/mol. The molecule has 1 aliphatic rings. The van der Waals surface area contributed by atoms with Crippen LogP contribution in [-0.2, 0) is 10.0 Å². The minimum atomic E-state index is -3.64. The van der Waals surface area contributed by atoms with Crippen molar-refractivity contribution in [3.63, 3.8) is 0 Å². The third-order valence-corrected chi connectivity index (χ3v) is 4.39. The molecule has 1 aliphatic heterocycles. The Morgan fingerprint density at radius 3 is 2.27 bits per heavy atom. The van der Waals surface area contributed by atoms with Crippen molar-refractivity contribution in [2.24, 2.45) is 5.14 Å². The van der Waals surface area contributed by atoms with Crippen LogP contribution >= 0.6 is 12.4 Å². The molecule has 1 aromatic rings. The summed E-state index contributed by atoms with van der Waals surface area (Å²) in [5, 5.41) is 8.54. The number of nitrogens with one attached hydrogen (secondary N) is 1. The van der Waals surface area contributed by atoms with Gasteiger partial charge >= 0.3 is 0 Å². The highest BCUT2D eigenvalue weighted by Crippen LogP contribution is 2.15. The smallest absolute Gasteiger partial charge is 0.238 e. The predicted octanol–water partition coefficient (Wildman–Crippen LogP) is 0.817. The highest BCUT2D eigenvalue weighted by Gasteiger charge is 2.20. The molecule has 6 nitrogen and oxygen atoms in total. The molecule has 2 rings (SSSR count). The summed E-state index contributed by atoms with van der Waals surface area (Å²) in [6.45, 7) is 7.81. The van der Waals surface area contributed by atoms with Gasteiger partial charge in [0.15, 0.2) is 0 Å². The normalized spacial score (nSPS) is 22.9. The second-order valence-corrected chi connectivity index (χ2v) is 7.15. The van der Waals surface area contributed by atoms with Gasteiger partial charge in [0.25, 0.3) is 0 Å². The van der Waals surface area contributed by atoms with Crippen LogP contribution in [0.3, 0.4) is 0 Å². The summed E-state index contributed by atoms with van der Waals surface area (Å²) in [5.74, 6) is 0.652. The molecule has 0 aromatic heterocycles. The minimum absolute atomic E-state index is 0. The summed E-state index contributed by atoms with van der Waals surface area (Å²) < 4.78 is 28.0. The van der Waals surface area contributed by atoms with E-state index in [1.54, 1.807) is 12.1 Å². The Bertz CT molecular complexity index is 555. The van der Waals surface area contributed by atoms with E-state index in [4.69, 9.17) is 9.88 Å². The van der Waals surface area contributed by atoms with Crippen molar-refractivity contribution >= 4 is 22.4 Å². The van der Waals surface area contributed by atoms with Gasteiger partial charge < -0.3 is 10.1 Å². The van der Waals surface area contributed by atoms with Crippen LogP contribution < -0.4 is 15.2 Å². The van der Waals surface area contributed by atoms with Gasteiger partial charge in [-0.15, -0.1) is 12.4 Å². The fourth-order valence-corrected chi connectivity index (χ4v) is 3.16. The Morgan fingerprint density at radius 2 is 1.77 bits per heavy atom. The van der Waals surface area contributed by atoms with Gasteiger partial charge in [0, 0.05) is 31.7 Å². The molecule has 126 valence electrons. The first-order chi connectivity index (χ1) is 9.84. The molecule has 0 radical (unpaired) electrons. The quantitative estimate of drug-likeness (QED) is 0.822. The summed E-state index contributed by atoms with van der Waals surface area (Å²) in [5.41, 5.74) is 0. The third-order valence-electron chi connectivity index (χ3n) is 3.46. The number of nitrogens with zero attached hydrogens (tertiary/aromatic N) is 1. The van der Waals surface area contributed by atoms with Crippen LogP contribution in [0.5, 0.6) is 5.75 Å². The number of rotatable bonds is 5. The predicted molar refractivity (Wildman–Crippen MR) is 89.1 cm³/mol. The maximum Gasteiger partial charge on any atom is 0.238 e. The summed E-state index contributed by atoms with van der Waals surface area (Å²) >= 11 is 0. The fourth-order valence-electron chi connectivity index (χ4n) is 2.64. The number of hydrogen-bond acceptors (Lipinski definition) is 5. The van der Waals surface area contributed by atoms with E-state index < -0.39 is 10.0 Å². The number of sulfonamides is 1. The SMILES string of the molecule is CC1CN(CCOc2ccc(S(N)(=O)=O)cc2)CC(C)N1.Cl. The van der Waals surface area contributed by atoms with Crippen LogP contribution in [0.4, 0.5) is 0 Å². The number of benzene rings is 1. The number of nitrogens with two attached hydrogens (primary N) is 1. The van der Waals surface area contributed by atoms with E-state index in [1.165, 1.54) is 12.1 Å². The number of piperazine rings is 1. The van der Waals surface area contributed by atoms with Crippen LogP contribution in [0.2, 0.25) is 0 Å². The van der Waals surface area contributed by atoms with Gasteiger partial charge in [-0.1, -0.05) is 0 Å². The molecule has 8 heteroatoms. The van der Waals surface area contributed by atoms with Crippen molar-refractivity contribution in [1.29, 1.82) is 0 Å². The molecule has 2 unspecified atom stereocenters. The first-order valence-corrected chi connectivity index (χ1v) is 8.63. The molecular weight excluding hydrogens is 326 g/mol. The Kier molecular flexibility index (Phi) is 7.08. The third kappa shape index (κ3) is 5.73. The zero-order chi connectivity index (χ0) is 15.5. The van der Waals surface area contributed by atoms with Gasteiger partial charge in [-0.25, -0.2) is 13.6 Å². The Balaban J connectivity index is 0.00000242. The van der Waals surface area contributed by atoms with Crippen molar-refractivity contribution in [2.75, 3.05) is 26.2 Å².